The number of aryl methyl sites for hydroxylation is 2. The molecule has 2 N–H and O–H groups in total. The van der Waals surface area contributed by atoms with Crippen molar-refractivity contribution in [3.8, 4) is 0 Å². The van der Waals surface area contributed by atoms with E-state index in [2.05, 4.69) is 20.2 Å². The van der Waals surface area contributed by atoms with E-state index >= 15 is 0 Å². The van der Waals surface area contributed by atoms with Gasteiger partial charge in [-0.3, -0.25) is 18.7 Å². The van der Waals surface area contributed by atoms with Crippen LogP contribution >= 0.6 is 0 Å². The molecule has 0 spiro atoms. The van der Waals surface area contributed by atoms with E-state index in [1.165, 1.54) is 24.5 Å². The molecule has 3 rings (SSSR count). The SMILES string of the molecule is Cn1c(=O)c2[nH]c(CCC(=O)NCCN3CCCC3)nc2n(C)c1=O. The first-order chi connectivity index (χ1) is 12.0. The Morgan fingerprint density at radius 3 is 2.64 bits per heavy atom. The molecule has 3 heterocycles. The summed E-state index contributed by atoms with van der Waals surface area (Å²) < 4.78 is 2.36. The Hall–Kier alpha value is -2.42. The molecule has 0 aromatic carbocycles. The lowest BCUT2D eigenvalue weighted by molar-refractivity contribution is -0.121. The van der Waals surface area contributed by atoms with E-state index in [1.54, 1.807) is 7.05 Å². The minimum atomic E-state index is -0.421. The fraction of sp³-hybridized carbons (Fsp3) is 0.625. The Morgan fingerprint density at radius 2 is 1.92 bits per heavy atom. The highest BCUT2D eigenvalue weighted by Gasteiger charge is 2.14. The van der Waals surface area contributed by atoms with Crippen LogP contribution in [0.3, 0.4) is 0 Å². The molecule has 2 aromatic rings. The number of amides is 1. The molecule has 2 aromatic heterocycles. The zero-order valence-electron chi connectivity index (χ0n) is 14.7. The molecule has 0 aliphatic carbocycles. The fourth-order valence-electron chi connectivity index (χ4n) is 3.17. The summed E-state index contributed by atoms with van der Waals surface area (Å²) in [4.78, 5) is 45.6. The summed E-state index contributed by atoms with van der Waals surface area (Å²) in [5.74, 6) is 0.490. The number of fused-ring (bicyclic) bond motifs is 1. The zero-order chi connectivity index (χ0) is 18.0. The lowest BCUT2D eigenvalue weighted by Crippen LogP contribution is -2.36. The molecule has 9 heteroatoms. The quantitative estimate of drug-likeness (QED) is 0.704. The van der Waals surface area contributed by atoms with Crippen LogP contribution in [0.2, 0.25) is 0 Å². The second kappa shape index (κ2) is 7.22. The Labute approximate surface area is 144 Å². The van der Waals surface area contributed by atoms with Gasteiger partial charge in [-0.2, -0.15) is 0 Å². The van der Waals surface area contributed by atoms with Crippen molar-refractivity contribution in [2.24, 2.45) is 14.1 Å². The van der Waals surface area contributed by atoms with Gasteiger partial charge in [0, 0.05) is 40.0 Å². The van der Waals surface area contributed by atoms with E-state index in [1.807, 2.05) is 0 Å². The molecule has 1 saturated heterocycles. The lowest BCUT2D eigenvalue weighted by atomic mass is 10.3. The summed E-state index contributed by atoms with van der Waals surface area (Å²) in [5, 5.41) is 2.91. The van der Waals surface area contributed by atoms with E-state index in [-0.39, 0.29) is 17.8 Å². The number of carbonyl (C=O) groups excluding carboxylic acids is 1. The molecule has 136 valence electrons. The van der Waals surface area contributed by atoms with Crippen LogP contribution in [0.5, 0.6) is 0 Å². The number of carbonyl (C=O) groups is 1. The van der Waals surface area contributed by atoms with Gasteiger partial charge < -0.3 is 15.2 Å². The van der Waals surface area contributed by atoms with Gasteiger partial charge in [0.15, 0.2) is 5.65 Å². The van der Waals surface area contributed by atoms with E-state index in [0.717, 1.165) is 24.2 Å². The molecule has 1 aliphatic heterocycles. The van der Waals surface area contributed by atoms with Crippen LogP contribution < -0.4 is 16.6 Å². The predicted octanol–water partition coefficient (Wildman–Crippen LogP) is -0.895. The van der Waals surface area contributed by atoms with Gasteiger partial charge >= 0.3 is 5.69 Å². The van der Waals surface area contributed by atoms with Crippen molar-refractivity contribution in [1.82, 2.24) is 29.3 Å². The van der Waals surface area contributed by atoms with Gasteiger partial charge in [-0.15, -0.1) is 0 Å². The number of hydrogen-bond acceptors (Lipinski definition) is 5. The van der Waals surface area contributed by atoms with Gasteiger partial charge in [0.1, 0.15) is 11.3 Å². The first kappa shape index (κ1) is 17.4. The van der Waals surface area contributed by atoms with Crippen LogP contribution in [0, 0.1) is 0 Å². The van der Waals surface area contributed by atoms with Crippen LogP contribution in [0.4, 0.5) is 0 Å². The third-order valence-corrected chi connectivity index (χ3v) is 4.68. The molecule has 1 aliphatic rings. The molecule has 0 saturated carbocycles. The van der Waals surface area contributed by atoms with Crippen LogP contribution in [0.1, 0.15) is 25.1 Å². The first-order valence-electron chi connectivity index (χ1n) is 8.61. The van der Waals surface area contributed by atoms with Crippen molar-refractivity contribution in [1.29, 1.82) is 0 Å². The van der Waals surface area contributed by atoms with E-state index in [4.69, 9.17) is 0 Å². The predicted molar refractivity (Wildman–Crippen MR) is 93.6 cm³/mol. The second-order valence-corrected chi connectivity index (χ2v) is 6.49. The summed E-state index contributed by atoms with van der Waals surface area (Å²) in [7, 11) is 3.00. The summed E-state index contributed by atoms with van der Waals surface area (Å²) in [6, 6.07) is 0. The lowest BCUT2D eigenvalue weighted by Gasteiger charge is -2.14. The average molecular weight is 348 g/mol. The minimum absolute atomic E-state index is 0.0403. The second-order valence-electron chi connectivity index (χ2n) is 6.49. The third-order valence-electron chi connectivity index (χ3n) is 4.68. The Bertz CT molecular complexity index is 888. The maximum Gasteiger partial charge on any atom is 0.332 e. The minimum Gasteiger partial charge on any atom is -0.355 e. The average Bonchev–Trinajstić information content (AvgIpc) is 3.26. The highest BCUT2D eigenvalue weighted by Crippen LogP contribution is 2.07. The molecule has 0 atom stereocenters. The summed E-state index contributed by atoms with van der Waals surface area (Å²) in [5.41, 5.74) is -0.228. The van der Waals surface area contributed by atoms with Gasteiger partial charge in [0.25, 0.3) is 5.56 Å². The largest absolute Gasteiger partial charge is 0.355 e. The summed E-state index contributed by atoms with van der Waals surface area (Å²) >= 11 is 0. The standard InChI is InChI=1S/C16H24N6O3/c1-20-14-13(15(24)21(2)16(20)25)18-11(19-14)5-6-12(23)17-7-10-22-8-3-4-9-22/h3-10H2,1-2H3,(H,17,23)(H,18,19). The van der Waals surface area contributed by atoms with Gasteiger partial charge in [0.2, 0.25) is 5.91 Å². The number of H-pyrrole nitrogens is 1. The monoisotopic (exact) mass is 348 g/mol. The van der Waals surface area contributed by atoms with Crippen molar-refractivity contribution >= 4 is 17.1 Å². The molecule has 1 amide bonds. The number of hydrogen-bond donors (Lipinski definition) is 2. The summed E-state index contributed by atoms with van der Waals surface area (Å²) in [6.07, 6.45) is 3.15. The number of nitrogens with one attached hydrogen (secondary N) is 2. The van der Waals surface area contributed by atoms with E-state index in [0.29, 0.717) is 24.4 Å². The Morgan fingerprint density at radius 1 is 1.20 bits per heavy atom. The highest BCUT2D eigenvalue weighted by atomic mass is 16.2. The molecule has 9 nitrogen and oxygen atoms in total. The van der Waals surface area contributed by atoms with Gasteiger partial charge in [0.05, 0.1) is 0 Å². The maximum absolute atomic E-state index is 12.1. The van der Waals surface area contributed by atoms with E-state index < -0.39 is 11.2 Å². The molecule has 0 radical (unpaired) electrons. The van der Waals surface area contributed by atoms with Crippen LogP contribution in [0.15, 0.2) is 9.59 Å². The maximum atomic E-state index is 12.1. The van der Waals surface area contributed by atoms with E-state index in [9.17, 15) is 14.4 Å². The smallest absolute Gasteiger partial charge is 0.332 e. The normalized spacial score (nSPS) is 15.1. The molecular formula is C16H24N6O3. The van der Waals surface area contributed by atoms with Crippen molar-refractivity contribution in [2.45, 2.75) is 25.7 Å². The number of likely N-dealkylation sites (tertiary alicyclic amines) is 1. The van der Waals surface area contributed by atoms with Gasteiger partial charge in [-0.1, -0.05) is 0 Å². The molecule has 1 fully saturated rings. The number of nitrogens with zero attached hydrogens (tertiary/aromatic N) is 4. The first-order valence-corrected chi connectivity index (χ1v) is 8.61. The number of rotatable bonds is 6. The van der Waals surface area contributed by atoms with Gasteiger partial charge in [-0.05, 0) is 25.9 Å². The Kier molecular flexibility index (Phi) is 5.03. The van der Waals surface area contributed by atoms with Crippen molar-refractivity contribution in [3.63, 3.8) is 0 Å². The molecule has 25 heavy (non-hydrogen) atoms. The fourth-order valence-corrected chi connectivity index (χ4v) is 3.17. The number of imidazole rings is 1. The van der Waals surface area contributed by atoms with Crippen LogP contribution in [-0.2, 0) is 25.3 Å². The Balaban J connectivity index is 1.58. The van der Waals surface area contributed by atoms with Crippen molar-refractivity contribution in [2.75, 3.05) is 26.2 Å². The third kappa shape index (κ3) is 3.65. The number of aromatic amines is 1. The zero-order valence-corrected chi connectivity index (χ0v) is 14.7. The summed E-state index contributed by atoms with van der Waals surface area (Å²) in [6.45, 7) is 3.76. The molecule has 0 unspecified atom stereocenters. The topological polar surface area (TPSA) is 105 Å². The van der Waals surface area contributed by atoms with Gasteiger partial charge in [-0.25, -0.2) is 9.78 Å². The molecule has 0 bridgehead atoms. The highest BCUT2D eigenvalue weighted by molar-refractivity contribution is 5.76. The van der Waals surface area contributed by atoms with Crippen molar-refractivity contribution in [3.05, 3.63) is 26.7 Å². The molecular weight excluding hydrogens is 324 g/mol. The van der Waals surface area contributed by atoms with Crippen LogP contribution in [-0.4, -0.2) is 56.1 Å². The van der Waals surface area contributed by atoms with Crippen LogP contribution in [0.25, 0.3) is 11.2 Å². The number of aromatic nitrogens is 4. The van der Waals surface area contributed by atoms with Crippen molar-refractivity contribution < 1.29 is 4.79 Å².